The van der Waals surface area contributed by atoms with Crippen molar-refractivity contribution in [3.05, 3.63) is 101 Å². The lowest BCUT2D eigenvalue weighted by atomic mass is 9.89. The van der Waals surface area contributed by atoms with Gasteiger partial charge in [-0.25, -0.2) is 0 Å². The van der Waals surface area contributed by atoms with E-state index in [4.69, 9.17) is 0 Å². The molecule has 5 nitrogen and oxygen atoms in total. The number of rotatable bonds is 8. The van der Waals surface area contributed by atoms with Gasteiger partial charge in [0.15, 0.2) is 0 Å². The topological polar surface area (TPSA) is 61.4 Å². The molecule has 0 aromatic heterocycles. The number of piperidine rings is 1. The van der Waals surface area contributed by atoms with Gasteiger partial charge in [-0.05, 0) is 60.9 Å². The zero-order valence-electron chi connectivity index (χ0n) is 20.7. The number of benzene rings is 3. The van der Waals surface area contributed by atoms with Gasteiger partial charge in [0.25, 0.3) is 0 Å². The summed E-state index contributed by atoms with van der Waals surface area (Å²) in [4.78, 5) is 26.8. The zero-order chi connectivity index (χ0) is 24.6. The van der Waals surface area contributed by atoms with Crippen molar-refractivity contribution in [3.63, 3.8) is 0 Å². The highest BCUT2D eigenvalue weighted by Gasteiger charge is 2.23. The van der Waals surface area contributed by atoms with Crippen LogP contribution in [-0.2, 0) is 16.0 Å². The molecule has 0 aliphatic carbocycles. The van der Waals surface area contributed by atoms with Crippen LogP contribution in [0.3, 0.4) is 0 Å². The molecule has 3 aromatic carbocycles. The summed E-state index contributed by atoms with van der Waals surface area (Å²) in [5.74, 6) is 0.542. The van der Waals surface area contributed by atoms with Crippen molar-refractivity contribution in [1.29, 1.82) is 0 Å². The van der Waals surface area contributed by atoms with E-state index in [1.54, 1.807) is 6.92 Å². The van der Waals surface area contributed by atoms with Crippen LogP contribution in [0, 0.1) is 6.92 Å². The minimum absolute atomic E-state index is 0.0670. The van der Waals surface area contributed by atoms with Gasteiger partial charge < -0.3 is 15.5 Å². The average molecular weight is 470 g/mol. The van der Waals surface area contributed by atoms with Crippen molar-refractivity contribution in [2.24, 2.45) is 0 Å². The van der Waals surface area contributed by atoms with Gasteiger partial charge in [0, 0.05) is 32.2 Å². The second-order valence-electron chi connectivity index (χ2n) is 9.43. The van der Waals surface area contributed by atoms with E-state index in [1.807, 2.05) is 47.4 Å². The number of likely N-dealkylation sites (tertiary alicyclic amines) is 1. The SMILES string of the molecule is CC(=O)N1CCC(c2ccc(NC(=O)[C@H](NCCc3ccc(C)cc3)c3ccccc3)cc2)CC1. The van der Waals surface area contributed by atoms with Gasteiger partial charge in [0.1, 0.15) is 6.04 Å². The predicted molar refractivity (Wildman–Crippen MR) is 141 cm³/mol. The second-order valence-corrected chi connectivity index (χ2v) is 9.43. The Morgan fingerprint density at radius 3 is 2.20 bits per heavy atom. The molecule has 35 heavy (non-hydrogen) atoms. The van der Waals surface area contributed by atoms with Crippen LogP contribution in [0.1, 0.15) is 54.0 Å². The molecule has 1 heterocycles. The standard InChI is InChI=1S/C30H35N3O2/c1-22-8-10-24(11-9-22)16-19-31-29(27-6-4-3-5-7-27)30(35)32-28-14-12-25(13-15-28)26-17-20-33(21-18-26)23(2)34/h3-15,26,29,31H,16-21H2,1-2H3,(H,32,35)/t29-/m1/s1. The normalized spacial score (nSPS) is 15.0. The highest BCUT2D eigenvalue weighted by atomic mass is 16.2. The van der Waals surface area contributed by atoms with Crippen LogP contribution in [0.5, 0.6) is 0 Å². The molecule has 1 saturated heterocycles. The van der Waals surface area contributed by atoms with Crippen LogP contribution in [-0.4, -0.2) is 36.3 Å². The lowest BCUT2D eigenvalue weighted by molar-refractivity contribution is -0.129. The number of hydrogen-bond donors (Lipinski definition) is 2. The maximum absolute atomic E-state index is 13.3. The summed E-state index contributed by atoms with van der Waals surface area (Å²) in [6, 6.07) is 26.1. The molecule has 0 radical (unpaired) electrons. The smallest absolute Gasteiger partial charge is 0.246 e. The Morgan fingerprint density at radius 2 is 1.57 bits per heavy atom. The van der Waals surface area contributed by atoms with Crippen molar-refractivity contribution in [1.82, 2.24) is 10.2 Å². The largest absolute Gasteiger partial charge is 0.343 e. The van der Waals surface area contributed by atoms with E-state index in [0.29, 0.717) is 12.5 Å². The van der Waals surface area contributed by atoms with Crippen molar-refractivity contribution in [2.75, 3.05) is 25.0 Å². The molecule has 0 unspecified atom stereocenters. The Morgan fingerprint density at radius 1 is 0.914 bits per heavy atom. The summed E-state index contributed by atoms with van der Waals surface area (Å²) in [5, 5.41) is 6.55. The van der Waals surface area contributed by atoms with Crippen LogP contribution in [0.25, 0.3) is 0 Å². The third kappa shape index (κ3) is 6.80. The molecule has 3 aromatic rings. The monoisotopic (exact) mass is 469 g/mol. The van der Waals surface area contributed by atoms with Crippen molar-refractivity contribution >= 4 is 17.5 Å². The molecule has 2 N–H and O–H groups in total. The van der Waals surface area contributed by atoms with Crippen LogP contribution in [0.2, 0.25) is 0 Å². The van der Waals surface area contributed by atoms with Crippen LogP contribution >= 0.6 is 0 Å². The third-order valence-corrected chi connectivity index (χ3v) is 6.87. The molecule has 1 aliphatic heterocycles. The third-order valence-electron chi connectivity index (χ3n) is 6.87. The Kier molecular flexibility index (Phi) is 8.32. The minimum atomic E-state index is -0.433. The van der Waals surface area contributed by atoms with Gasteiger partial charge in [-0.2, -0.15) is 0 Å². The summed E-state index contributed by atoms with van der Waals surface area (Å²) in [7, 11) is 0. The Balaban J connectivity index is 1.37. The lowest BCUT2D eigenvalue weighted by Gasteiger charge is -2.31. The van der Waals surface area contributed by atoms with E-state index in [0.717, 1.165) is 43.6 Å². The number of anilines is 1. The first-order chi connectivity index (χ1) is 17.0. The average Bonchev–Trinajstić information content (AvgIpc) is 2.88. The van der Waals surface area contributed by atoms with Gasteiger partial charge in [0.2, 0.25) is 11.8 Å². The number of hydrogen-bond acceptors (Lipinski definition) is 3. The van der Waals surface area contributed by atoms with E-state index in [2.05, 4.69) is 54.0 Å². The molecule has 1 atom stereocenters. The maximum atomic E-state index is 13.3. The van der Waals surface area contributed by atoms with E-state index < -0.39 is 6.04 Å². The maximum Gasteiger partial charge on any atom is 0.246 e. The number of carbonyl (C=O) groups is 2. The molecule has 5 heteroatoms. The van der Waals surface area contributed by atoms with Crippen LogP contribution < -0.4 is 10.6 Å². The number of carbonyl (C=O) groups excluding carboxylic acids is 2. The van der Waals surface area contributed by atoms with E-state index in [-0.39, 0.29) is 11.8 Å². The van der Waals surface area contributed by atoms with Crippen molar-refractivity contribution in [2.45, 2.75) is 45.1 Å². The summed E-state index contributed by atoms with van der Waals surface area (Å²) in [5.41, 5.74) is 5.50. The van der Waals surface area contributed by atoms with Gasteiger partial charge in [-0.1, -0.05) is 72.3 Å². The van der Waals surface area contributed by atoms with Crippen molar-refractivity contribution in [3.8, 4) is 0 Å². The predicted octanol–water partition coefficient (Wildman–Crippen LogP) is 5.23. The molecule has 1 fully saturated rings. The summed E-state index contributed by atoms with van der Waals surface area (Å²) < 4.78 is 0. The zero-order valence-corrected chi connectivity index (χ0v) is 20.7. The lowest BCUT2D eigenvalue weighted by Crippen LogP contribution is -2.36. The summed E-state index contributed by atoms with van der Waals surface area (Å²) in [6.07, 6.45) is 2.81. The molecular weight excluding hydrogens is 434 g/mol. The fourth-order valence-corrected chi connectivity index (χ4v) is 4.70. The minimum Gasteiger partial charge on any atom is -0.343 e. The molecule has 0 spiro atoms. The summed E-state index contributed by atoms with van der Waals surface area (Å²) in [6.45, 7) is 6.05. The Labute approximate surface area is 208 Å². The number of aryl methyl sites for hydroxylation is 1. The quantitative estimate of drug-likeness (QED) is 0.475. The first-order valence-electron chi connectivity index (χ1n) is 12.5. The molecule has 0 bridgehead atoms. The van der Waals surface area contributed by atoms with Crippen LogP contribution in [0.4, 0.5) is 5.69 Å². The fraction of sp³-hybridized carbons (Fsp3) is 0.333. The van der Waals surface area contributed by atoms with E-state index >= 15 is 0 Å². The molecule has 2 amide bonds. The first kappa shape index (κ1) is 24.7. The second kappa shape index (κ2) is 11.8. The van der Waals surface area contributed by atoms with Crippen molar-refractivity contribution < 1.29 is 9.59 Å². The number of amides is 2. The number of nitrogens with one attached hydrogen (secondary N) is 2. The molecule has 0 saturated carbocycles. The molecule has 182 valence electrons. The molecule has 1 aliphatic rings. The van der Waals surface area contributed by atoms with Gasteiger partial charge >= 0.3 is 0 Å². The van der Waals surface area contributed by atoms with Gasteiger partial charge in [-0.3, -0.25) is 9.59 Å². The number of nitrogens with zero attached hydrogens (tertiary/aromatic N) is 1. The highest BCUT2D eigenvalue weighted by molar-refractivity contribution is 5.95. The molecule has 4 rings (SSSR count). The first-order valence-corrected chi connectivity index (χ1v) is 12.5. The van der Waals surface area contributed by atoms with Gasteiger partial charge in [0.05, 0.1) is 0 Å². The summed E-state index contributed by atoms with van der Waals surface area (Å²) >= 11 is 0. The van der Waals surface area contributed by atoms with Crippen LogP contribution in [0.15, 0.2) is 78.9 Å². The van der Waals surface area contributed by atoms with Gasteiger partial charge in [-0.15, -0.1) is 0 Å². The highest BCUT2D eigenvalue weighted by Crippen LogP contribution is 2.29. The van der Waals surface area contributed by atoms with E-state index in [9.17, 15) is 9.59 Å². The molecular formula is C30H35N3O2. The fourth-order valence-electron chi connectivity index (χ4n) is 4.70. The Bertz CT molecular complexity index is 1100. The van der Waals surface area contributed by atoms with E-state index in [1.165, 1.54) is 16.7 Å². The Hall–Kier alpha value is -3.44.